The quantitative estimate of drug-likeness (QED) is 0.399. The van der Waals surface area contributed by atoms with Crippen LogP contribution in [-0.4, -0.2) is 0 Å². The van der Waals surface area contributed by atoms with E-state index in [1.165, 1.54) is 21.5 Å². The third-order valence-corrected chi connectivity index (χ3v) is 9.34. The van der Waals surface area contributed by atoms with Crippen LogP contribution < -0.4 is 21.6 Å². The van der Waals surface area contributed by atoms with E-state index in [-0.39, 0.29) is 0 Å². The second kappa shape index (κ2) is 7.78. The van der Waals surface area contributed by atoms with E-state index in [0.29, 0.717) is 0 Å². The highest BCUT2D eigenvalue weighted by atomic mass is 31.2. The zero-order valence-electron chi connectivity index (χ0n) is 15.2. The molecule has 4 aromatic rings. The van der Waals surface area contributed by atoms with Crippen molar-refractivity contribution in [2.45, 2.75) is 6.16 Å². The fourth-order valence-electron chi connectivity index (χ4n) is 3.73. The average Bonchev–Trinajstić information content (AvgIpc) is 2.74. The van der Waals surface area contributed by atoms with E-state index in [4.69, 9.17) is 5.73 Å². The molecule has 0 saturated carbocycles. The summed E-state index contributed by atoms with van der Waals surface area (Å²) in [6, 6.07) is 41.2. The lowest BCUT2D eigenvalue weighted by Crippen LogP contribution is -2.32. The molecule has 0 saturated heterocycles. The number of benzene rings is 4. The maximum absolute atomic E-state index is 6.11. The van der Waals surface area contributed by atoms with Gasteiger partial charge in [-0.15, -0.1) is 0 Å². The van der Waals surface area contributed by atoms with Crippen LogP contribution in [0, 0.1) is 0 Å². The van der Waals surface area contributed by atoms with Crippen molar-refractivity contribution in [1.82, 2.24) is 0 Å². The zero-order valence-corrected chi connectivity index (χ0v) is 16.1. The number of rotatable bonds is 5. The van der Waals surface area contributed by atoms with Gasteiger partial charge in [0.1, 0.15) is 23.2 Å². The van der Waals surface area contributed by atoms with Gasteiger partial charge >= 0.3 is 0 Å². The van der Waals surface area contributed by atoms with Gasteiger partial charge in [0.25, 0.3) is 0 Å². The average molecular weight is 368 g/mol. The summed E-state index contributed by atoms with van der Waals surface area (Å²) >= 11 is 0. The van der Waals surface area contributed by atoms with Crippen LogP contribution in [0.2, 0.25) is 0 Å². The summed E-state index contributed by atoms with van der Waals surface area (Å²) in [5, 5.41) is 4.18. The second-order valence-electron chi connectivity index (χ2n) is 6.72. The minimum absolute atomic E-state index is 0.819. The molecule has 0 aliphatic heterocycles. The zero-order chi connectivity index (χ0) is 18.5. The molecule has 0 atom stereocenters. The lowest BCUT2D eigenvalue weighted by molar-refractivity contribution is 1.39. The van der Waals surface area contributed by atoms with Crippen LogP contribution in [-0.2, 0) is 6.16 Å². The summed E-state index contributed by atoms with van der Waals surface area (Å²) in [6.07, 6.45) is 0.954. The Morgan fingerprint density at radius 2 is 0.963 bits per heavy atom. The molecule has 0 aliphatic carbocycles. The van der Waals surface area contributed by atoms with Gasteiger partial charge in [-0.3, -0.25) is 0 Å². The van der Waals surface area contributed by atoms with E-state index in [0.717, 1.165) is 11.8 Å². The summed E-state index contributed by atoms with van der Waals surface area (Å²) in [5.41, 5.74) is 8.20. The van der Waals surface area contributed by atoms with Crippen LogP contribution in [0.15, 0.2) is 115 Å². The Bertz CT molecular complexity index is 901. The van der Waals surface area contributed by atoms with Crippen molar-refractivity contribution >= 4 is 28.9 Å². The fourth-order valence-corrected chi connectivity index (χ4v) is 7.96. The summed E-state index contributed by atoms with van der Waals surface area (Å²) in [4.78, 5) is 0. The molecule has 27 heavy (non-hydrogen) atoms. The molecule has 1 nitrogen and oxygen atoms in total. The number of anilines is 1. The maximum Gasteiger partial charge on any atom is 0.116 e. The predicted molar refractivity (Wildman–Crippen MR) is 120 cm³/mol. The minimum Gasteiger partial charge on any atom is -0.399 e. The van der Waals surface area contributed by atoms with Crippen molar-refractivity contribution in [3.8, 4) is 0 Å². The highest BCUT2D eigenvalue weighted by Crippen LogP contribution is 2.58. The van der Waals surface area contributed by atoms with Crippen molar-refractivity contribution in [2.75, 3.05) is 5.73 Å². The van der Waals surface area contributed by atoms with Crippen molar-refractivity contribution in [1.29, 1.82) is 0 Å². The van der Waals surface area contributed by atoms with Crippen LogP contribution in [0.3, 0.4) is 0 Å². The van der Waals surface area contributed by atoms with Gasteiger partial charge in [-0.2, -0.15) is 0 Å². The second-order valence-corrected chi connectivity index (χ2v) is 10.2. The van der Waals surface area contributed by atoms with E-state index in [1.807, 2.05) is 6.07 Å². The van der Waals surface area contributed by atoms with Gasteiger partial charge < -0.3 is 5.73 Å². The molecule has 4 aromatic carbocycles. The first-order valence-electron chi connectivity index (χ1n) is 9.18. The molecule has 0 radical (unpaired) electrons. The Morgan fingerprint density at radius 1 is 0.519 bits per heavy atom. The lowest BCUT2D eigenvalue weighted by atomic mass is 10.2. The normalized spacial score (nSPS) is 11.3. The molecular formula is C25H23NP+. The van der Waals surface area contributed by atoms with Gasteiger partial charge in [0, 0.05) is 5.69 Å². The largest absolute Gasteiger partial charge is 0.399 e. The third-order valence-electron chi connectivity index (χ3n) is 4.96. The Labute approximate surface area is 161 Å². The van der Waals surface area contributed by atoms with Crippen LogP contribution in [0.4, 0.5) is 5.69 Å². The van der Waals surface area contributed by atoms with Crippen LogP contribution in [0.25, 0.3) is 0 Å². The Morgan fingerprint density at radius 3 is 1.37 bits per heavy atom. The number of hydrogen-bond donors (Lipinski definition) is 1. The van der Waals surface area contributed by atoms with Crippen molar-refractivity contribution in [3.63, 3.8) is 0 Å². The van der Waals surface area contributed by atoms with Crippen LogP contribution >= 0.6 is 7.26 Å². The summed E-state index contributed by atoms with van der Waals surface area (Å²) in [6.45, 7) is 0. The van der Waals surface area contributed by atoms with Gasteiger partial charge in [-0.05, 0) is 54.1 Å². The van der Waals surface area contributed by atoms with Gasteiger partial charge in [0.2, 0.25) is 0 Å². The molecule has 0 bridgehead atoms. The summed E-state index contributed by atoms with van der Waals surface area (Å²) in [7, 11) is -1.85. The van der Waals surface area contributed by atoms with E-state index < -0.39 is 7.26 Å². The number of nitrogen functional groups attached to an aromatic ring is 1. The molecule has 2 heteroatoms. The number of hydrogen-bond acceptors (Lipinski definition) is 1. The molecule has 0 unspecified atom stereocenters. The first-order valence-corrected chi connectivity index (χ1v) is 11.2. The van der Waals surface area contributed by atoms with E-state index in [2.05, 4.69) is 109 Å². The first kappa shape index (κ1) is 17.5. The lowest BCUT2D eigenvalue weighted by Gasteiger charge is -2.28. The van der Waals surface area contributed by atoms with Crippen molar-refractivity contribution in [2.24, 2.45) is 0 Å². The van der Waals surface area contributed by atoms with Crippen LogP contribution in [0.1, 0.15) is 5.56 Å². The maximum atomic E-state index is 6.11. The molecule has 0 amide bonds. The third kappa shape index (κ3) is 3.52. The van der Waals surface area contributed by atoms with Crippen molar-refractivity contribution in [3.05, 3.63) is 121 Å². The number of nitrogens with two attached hydrogens (primary N) is 1. The molecule has 4 rings (SSSR count). The first-order chi connectivity index (χ1) is 13.3. The Hall–Kier alpha value is -2.89. The highest BCUT2D eigenvalue weighted by Gasteiger charge is 2.45. The molecule has 0 fully saturated rings. The van der Waals surface area contributed by atoms with Gasteiger partial charge in [-0.25, -0.2) is 0 Å². The van der Waals surface area contributed by atoms with E-state index in [1.54, 1.807) is 0 Å². The Balaban J connectivity index is 2.00. The monoisotopic (exact) mass is 368 g/mol. The fraction of sp³-hybridized carbons (Fsp3) is 0.0400. The molecule has 0 heterocycles. The van der Waals surface area contributed by atoms with Gasteiger partial charge in [0.05, 0.1) is 6.16 Å². The van der Waals surface area contributed by atoms with E-state index in [9.17, 15) is 0 Å². The van der Waals surface area contributed by atoms with Gasteiger partial charge in [0.15, 0.2) is 0 Å². The molecule has 132 valence electrons. The molecule has 0 spiro atoms. The summed E-state index contributed by atoms with van der Waals surface area (Å²) in [5.74, 6) is 0. The standard InChI is InChI=1S/C25H23NP/c26-22-12-10-11-21(19-22)20-27(23-13-4-1-5-14-23,24-15-6-2-7-16-24)25-17-8-3-9-18-25/h1-19H,20,26H2/q+1. The summed E-state index contributed by atoms with van der Waals surface area (Å²) < 4.78 is 0. The van der Waals surface area contributed by atoms with Gasteiger partial charge in [-0.1, -0.05) is 66.7 Å². The minimum atomic E-state index is -1.85. The molecule has 2 N–H and O–H groups in total. The smallest absolute Gasteiger partial charge is 0.116 e. The SMILES string of the molecule is Nc1cccc(C[P+](c2ccccc2)(c2ccccc2)c2ccccc2)c1. The molecule has 0 aliphatic rings. The predicted octanol–water partition coefficient (Wildman–Crippen LogP) is 4.76. The molecule has 0 aromatic heterocycles. The van der Waals surface area contributed by atoms with Crippen LogP contribution in [0.5, 0.6) is 0 Å². The van der Waals surface area contributed by atoms with E-state index >= 15 is 0 Å². The highest BCUT2D eigenvalue weighted by molar-refractivity contribution is 7.95. The molecular weight excluding hydrogens is 345 g/mol. The van der Waals surface area contributed by atoms with Crippen molar-refractivity contribution < 1.29 is 0 Å². The topological polar surface area (TPSA) is 26.0 Å². The Kier molecular flexibility index (Phi) is 5.05.